The van der Waals surface area contributed by atoms with Gasteiger partial charge >= 0.3 is 0 Å². The van der Waals surface area contributed by atoms with Gasteiger partial charge in [0.25, 0.3) is 0 Å². The standard InChI is InChI=1S/C15H15IO/c16-10-14-7-8-15(17-14)13-6-5-11-3-1-2-4-12(11)9-13/h1-6,9,14-15H,7-8,10H2/t14-,15-/m0/s1. The molecule has 0 amide bonds. The summed E-state index contributed by atoms with van der Waals surface area (Å²) in [7, 11) is 0. The fraction of sp³-hybridized carbons (Fsp3) is 0.333. The van der Waals surface area contributed by atoms with Crippen LogP contribution in [0.5, 0.6) is 0 Å². The lowest BCUT2D eigenvalue weighted by atomic mass is 10.0. The molecular formula is C15H15IO. The first kappa shape index (κ1) is 11.5. The van der Waals surface area contributed by atoms with Gasteiger partial charge in [0.05, 0.1) is 12.2 Å². The first-order valence-electron chi connectivity index (χ1n) is 6.07. The van der Waals surface area contributed by atoms with Crippen LogP contribution in [0.3, 0.4) is 0 Å². The second-order valence-corrected chi connectivity index (χ2v) is 5.47. The molecule has 2 heteroatoms. The Morgan fingerprint density at radius 3 is 2.65 bits per heavy atom. The normalized spacial score (nSPS) is 24.3. The van der Waals surface area contributed by atoms with Crippen molar-refractivity contribution in [2.24, 2.45) is 0 Å². The second kappa shape index (κ2) is 4.94. The molecule has 0 radical (unpaired) electrons. The van der Waals surface area contributed by atoms with Gasteiger partial charge in [-0.05, 0) is 35.2 Å². The van der Waals surface area contributed by atoms with Gasteiger partial charge in [-0.25, -0.2) is 0 Å². The van der Waals surface area contributed by atoms with Gasteiger partial charge in [-0.1, -0.05) is 59.0 Å². The average molecular weight is 338 g/mol. The van der Waals surface area contributed by atoms with Crippen molar-refractivity contribution < 1.29 is 4.74 Å². The van der Waals surface area contributed by atoms with E-state index in [9.17, 15) is 0 Å². The number of fused-ring (bicyclic) bond motifs is 1. The highest BCUT2D eigenvalue weighted by Crippen LogP contribution is 2.34. The largest absolute Gasteiger partial charge is 0.370 e. The van der Waals surface area contributed by atoms with Crippen LogP contribution in [-0.2, 0) is 4.74 Å². The third-order valence-corrected chi connectivity index (χ3v) is 4.41. The van der Waals surface area contributed by atoms with Gasteiger partial charge in [-0.3, -0.25) is 0 Å². The summed E-state index contributed by atoms with van der Waals surface area (Å²) in [5.41, 5.74) is 1.33. The van der Waals surface area contributed by atoms with E-state index in [1.165, 1.54) is 22.8 Å². The minimum atomic E-state index is 0.305. The number of ether oxygens (including phenoxy) is 1. The summed E-state index contributed by atoms with van der Waals surface area (Å²) >= 11 is 2.41. The molecule has 0 unspecified atom stereocenters. The van der Waals surface area contributed by atoms with Crippen molar-refractivity contribution in [1.82, 2.24) is 0 Å². The molecule has 1 aliphatic heterocycles. The van der Waals surface area contributed by atoms with Gasteiger partial charge in [0, 0.05) is 4.43 Å². The molecule has 1 aliphatic rings. The predicted octanol–water partition coefficient (Wildman–Crippen LogP) is 4.49. The van der Waals surface area contributed by atoms with Crippen LogP contribution in [0.15, 0.2) is 42.5 Å². The monoisotopic (exact) mass is 338 g/mol. The van der Waals surface area contributed by atoms with Crippen LogP contribution in [0.1, 0.15) is 24.5 Å². The number of alkyl halides is 1. The van der Waals surface area contributed by atoms with Crippen molar-refractivity contribution in [3.8, 4) is 0 Å². The summed E-state index contributed by atoms with van der Waals surface area (Å²) in [6.07, 6.45) is 3.11. The maximum atomic E-state index is 6.04. The number of hydrogen-bond acceptors (Lipinski definition) is 1. The Labute approximate surface area is 115 Å². The van der Waals surface area contributed by atoms with E-state index in [4.69, 9.17) is 4.74 Å². The zero-order chi connectivity index (χ0) is 11.7. The SMILES string of the molecule is IC[C@@H]1CC[C@@H](c2ccc3ccccc3c2)O1. The zero-order valence-corrected chi connectivity index (χ0v) is 11.8. The van der Waals surface area contributed by atoms with E-state index in [2.05, 4.69) is 65.1 Å². The van der Waals surface area contributed by atoms with Gasteiger partial charge in [0.1, 0.15) is 0 Å². The minimum Gasteiger partial charge on any atom is -0.370 e. The highest BCUT2D eigenvalue weighted by Gasteiger charge is 2.25. The lowest BCUT2D eigenvalue weighted by Crippen LogP contribution is -2.07. The van der Waals surface area contributed by atoms with Crippen LogP contribution >= 0.6 is 22.6 Å². The molecule has 0 spiro atoms. The summed E-state index contributed by atoms with van der Waals surface area (Å²) in [6, 6.07) is 15.2. The number of halogens is 1. The van der Waals surface area contributed by atoms with Crippen molar-refractivity contribution in [2.75, 3.05) is 4.43 Å². The van der Waals surface area contributed by atoms with Crippen molar-refractivity contribution >= 4 is 33.4 Å². The van der Waals surface area contributed by atoms with Gasteiger partial charge in [0.2, 0.25) is 0 Å². The fourth-order valence-corrected chi connectivity index (χ4v) is 3.12. The van der Waals surface area contributed by atoms with E-state index >= 15 is 0 Å². The van der Waals surface area contributed by atoms with Crippen molar-refractivity contribution in [3.05, 3.63) is 48.0 Å². The lowest BCUT2D eigenvalue weighted by molar-refractivity contribution is 0.0598. The Bertz CT molecular complexity index is 523. The quantitative estimate of drug-likeness (QED) is 0.579. The second-order valence-electron chi connectivity index (χ2n) is 4.58. The van der Waals surface area contributed by atoms with Crippen LogP contribution in [0.25, 0.3) is 10.8 Å². The van der Waals surface area contributed by atoms with Gasteiger partial charge in [0.15, 0.2) is 0 Å². The molecule has 0 N–H and O–H groups in total. The Morgan fingerprint density at radius 2 is 1.88 bits per heavy atom. The molecule has 1 nitrogen and oxygen atoms in total. The summed E-state index contributed by atoms with van der Waals surface area (Å²) in [5, 5.41) is 2.62. The molecule has 2 atom stereocenters. The molecule has 88 valence electrons. The Kier molecular flexibility index (Phi) is 3.34. The molecule has 0 saturated carbocycles. The maximum absolute atomic E-state index is 6.04. The average Bonchev–Trinajstić information content (AvgIpc) is 2.87. The maximum Gasteiger partial charge on any atom is 0.0830 e. The van der Waals surface area contributed by atoms with E-state index in [1.54, 1.807) is 0 Å². The zero-order valence-electron chi connectivity index (χ0n) is 9.60. The highest BCUT2D eigenvalue weighted by molar-refractivity contribution is 14.1. The third-order valence-electron chi connectivity index (χ3n) is 3.42. The Hall–Kier alpha value is -0.610. The molecule has 2 aromatic carbocycles. The third kappa shape index (κ3) is 2.33. The number of rotatable bonds is 2. The van der Waals surface area contributed by atoms with Crippen molar-refractivity contribution in [2.45, 2.75) is 25.0 Å². The smallest absolute Gasteiger partial charge is 0.0830 e. The van der Waals surface area contributed by atoms with E-state index in [-0.39, 0.29) is 0 Å². The summed E-state index contributed by atoms with van der Waals surface area (Å²) in [6.45, 7) is 0. The lowest BCUT2D eigenvalue weighted by Gasteiger charge is -2.13. The van der Waals surface area contributed by atoms with Crippen LogP contribution in [0.2, 0.25) is 0 Å². The summed E-state index contributed by atoms with van der Waals surface area (Å²) in [4.78, 5) is 0. The van der Waals surface area contributed by atoms with Crippen LogP contribution in [0, 0.1) is 0 Å². The van der Waals surface area contributed by atoms with Crippen LogP contribution < -0.4 is 0 Å². The van der Waals surface area contributed by atoms with Gasteiger partial charge in [-0.2, -0.15) is 0 Å². The van der Waals surface area contributed by atoms with Gasteiger partial charge < -0.3 is 4.74 Å². The summed E-state index contributed by atoms with van der Waals surface area (Å²) < 4.78 is 7.14. The van der Waals surface area contributed by atoms with Crippen molar-refractivity contribution in [1.29, 1.82) is 0 Å². The first-order valence-corrected chi connectivity index (χ1v) is 7.59. The molecule has 0 bridgehead atoms. The van der Waals surface area contributed by atoms with Crippen molar-refractivity contribution in [3.63, 3.8) is 0 Å². The molecule has 1 fully saturated rings. The van der Waals surface area contributed by atoms with Gasteiger partial charge in [-0.15, -0.1) is 0 Å². The summed E-state index contributed by atoms with van der Waals surface area (Å²) in [5.74, 6) is 0. The fourth-order valence-electron chi connectivity index (χ4n) is 2.47. The molecular weight excluding hydrogens is 323 g/mol. The number of benzene rings is 2. The molecule has 17 heavy (non-hydrogen) atoms. The van der Waals surface area contributed by atoms with E-state index in [0.717, 1.165) is 10.8 Å². The van der Waals surface area contributed by atoms with Crippen LogP contribution in [-0.4, -0.2) is 10.5 Å². The Morgan fingerprint density at radius 1 is 1.06 bits per heavy atom. The highest BCUT2D eigenvalue weighted by atomic mass is 127. The Balaban J connectivity index is 1.91. The minimum absolute atomic E-state index is 0.305. The molecule has 3 rings (SSSR count). The molecule has 1 heterocycles. The number of hydrogen-bond donors (Lipinski definition) is 0. The molecule has 1 saturated heterocycles. The first-order chi connectivity index (χ1) is 8.36. The molecule has 0 aromatic heterocycles. The van der Waals surface area contributed by atoms with E-state index < -0.39 is 0 Å². The topological polar surface area (TPSA) is 9.23 Å². The van der Waals surface area contributed by atoms with Crippen LogP contribution in [0.4, 0.5) is 0 Å². The van der Waals surface area contributed by atoms with E-state index in [0.29, 0.717) is 12.2 Å². The predicted molar refractivity (Wildman–Crippen MR) is 79.7 cm³/mol. The molecule has 0 aliphatic carbocycles. The van der Waals surface area contributed by atoms with E-state index in [1.807, 2.05) is 0 Å². The molecule has 2 aromatic rings.